The number of likely N-dealkylation sites (N-methyl/N-ethyl adjacent to an activating group) is 1. The minimum Gasteiger partial charge on any atom is -0.389 e. The van der Waals surface area contributed by atoms with Gasteiger partial charge in [0.05, 0.1) is 4.90 Å². The average Bonchev–Trinajstić information content (AvgIpc) is 2.45. The second kappa shape index (κ2) is 8.43. The smallest absolute Gasteiger partial charge is 0.175 e. The number of rotatable bonds is 5. The van der Waals surface area contributed by atoms with Crippen LogP contribution in [0.2, 0.25) is 0 Å². The fraction of sp³-hybridized carbons (Fsp3) is 0.333. The Hall–Kier alpha value is -1.75. The van der Waals surface area contributed by atoms with Crippen LogP contribution in [0.5, 0.6) is 0 Å². The summed E-state index contributed by atoms with van der Waals surface area (Å²) < 4.78 is 22.7. The number of hydrogen-bond donors (Lipinski definition) is 2. The lowest BCUT2D eigenvalue weighted by Gasteiger charge is -2.09. The van der Waals surface area contributed by atoms with Crippen molar-refractivity contribution in [2.75, 3.05) is 20.4 Å². The molecule has 5 heteroatoms. The van der Waals surface area contributed by atoms with Crippen LogP contribution in [0.1, 0.15) is 19.4 Å². The van der Waals surface area contributed by atoms with Gasteiger partial charge in [0, 0.05) is 31.7 Å². The van der Waals surface area contributed by atoms with Crippen molar-refractivity contribution in [2.24, 2.45) is 0 Å². The highest BCUT2D eigenvalue weighted by Gasteiger charge is 2.07. The highest BCUT2D eigenvalue weighted by molar-refractivity contribution is 7.90. The monoisotopic (exact) mass is 296 g/mol. The van der Waals surface area contributed by atoms with E-state index in [0.717, 1.165) is 17.0 Å². The van der Waals surface area contributed by atoms with Crippen LogP contribution in [0.25, 0.3) is 5.70 Å². The molecule has 0 fully saturated rings. The van der Waals surface area contributed by atoms with Gasteiger partial charge < -0.3 is 10.6 Å². The maximum Gasteiger partial charge on any atom is 0.175 e. The zero-order valence-corrected chi connectivity index (χ0v) is 13.6. The van der Waals surface area contributed by atoms with E-state index >= 15 is 0 Å². The van der Waals surface area contributed by atoms with Crippen molar-refractivity contribution in [3.63, 3.8) is 0 Å². The second-order valence-electron chi connectivity index (χ2n) is 3.88. The molecule has 0 aliphatic carbocycles. The third-order valence-corrected chi connectivity index (χ3v) is 3.63. The quantitative estimate of drug-likeness (QED) is 0.819. The van der Waals surface area contributed by atoms with E-state index < -0.39 is 9.84 Å². The van der Waals surface area contributed by atoms with Gasteiger partial charge in [-0.05, 0) is 23.8 Å². The zero-order valence-electron chi connectivity index (χ0n) is 12.8. The van der Waals surface area contributed by atoms with Crippen molar-refractivity contribution in [1.82, 2.24) is 10.6 Å². The summed E-state index contributed by atoms with van der Waals surface area (Å²) in [6, 6.07) is 6.72. The number of hydrogen-bond acceptors (Lipinski definition) is 4. The molecule has 0 atom stereocenters. The van der Waals surface area contributed by atoms with Crippen molar-refractivity contribution < 1.29 is 8.42 Å². The summed E-state index contributed by atoms with van der Waals surface area (Å²) in [4.78, 5) is 0.314. The zero-order chi connectivity index (χ0) is 15.8. The molecule has 20 heavy (non-hydrogen) atoms. The first-order valence-electron chi connectivity index (χ1n) is 6.45. The first kappa shape index (κ1) is 18.2. The summed E-state index contributed by atoms with van der Waals surface area (Å²) in [5.74, 6) is 0. The van der Waals surface area contributed by atoms with Gasteiger partial charge in [0.1, 0.15) is 0 Å². The van der Waals surface area contributed by atoms with Crippen molar-refractivity contribution in [2.45, 2.75) is 18.7 Å². The number of benzene rings is 1. The molecule has 0 bridgehead atoms. The largest absolute Gasteiger partial charge is 0.389 e. The molecule has 0 radical (unpaired) electrons. The fourth-order valence-electron chi connectivity index (χ4n) is 1.43. The normalized spacial score (nSPS) is 11.2. The van der Waals surface area contributed by atoms with Gasteiger partial charge in [-0.25, -0.2) is 8.42 Å². The van der Waals surface area contributed by atoms with E-state index in [-0.39, 0.29) is 0 Å². The maximum atomic E-state index is 11.4. The van der Waals surface area contributed by atoms with Crippen LogP contribution in [0.4, 0.5) is 0 Å². The van der Waals surface area contributed by atoms with E-state index in [1.165, 1.54) is 6.26 Å². The van der Waals surface area contributed by atoms with Crippen LogP contribution < -0.4 is 10.6 Å². The predicted molar refractivity (Wildman–Crippen MR) is 86.1 cm³/mol. The molecular weight excluding hydrogens is 272 g/mol. The van der Waals surface area contributed by atoms with E-state index in [1.54, 1.807) is 38.4 Å². The van der Waals surface area contributed by atoms with Gasteiger partial charge in [-0.1, -0.05) is 32.6 Å². The van der Waals surface area contributed by atoms with Crippen molar-refractivity contribution >= 4 is 15.5 Å². The first-order chi connectivity index (χ1) is 9.38. The summed E-state index contributed by atoms with van der Waals surface area (Å²) in [7, 11) is 0.446. The number of allylic oxidation sites excluding steroid dienone is 1. The Morgan fingerprint density at radius 3 is 1.95 bits per heavy atom. The summed E-state index contributed by atoms with van der Waals surface area (Å²) >= 11 is 0. The van der Waals surface area contributed by atoms with Gasteiger partial charge in [0.25, 0.3) is 0 Å². The van der Waals surface area contributed by atoms with Crippen LogP contribution in [-0.4, -0.2) is 28.8 Å². The third kappa shape index (κ3) is 5.48. The Morgan fingerprint density at radius 2 is 1.60 bits per heavy atom. The van der Waals surface area contributed by atoms with E-state index in [2.05, 4.69) is 17.2 Å². The molecule has 0 unspecified atom stereocenters. The Morgan fingerprint density at radius 1 is 1.10 bits per heavy atom. The van der Waals surface area contributed by atoms with Gasteiger partial charge in [-0.3, -0.25) is 0 Å². The Labute approximate surface area is 122 Å². The van der Waals surface area contributed by atoms with E-state index in [9.17, 15) is 8.42 Å². The molecular formula is C15H24N2O2S. The average molecular weight is 296 g/mol. The Kier molecular flexibility index (Phi) is 7.69. The Bertz CT molecular complexity index is 558. The standard InChI is InChI=1S/C13H18N2O2S.C2H6/c1-10(14-2)9-13(15-3)11-5-7-12(8-6-11)18(4,16)17;1-2/h5-9,14-15H,1H2,2-4H3;1-2H3/b13-9-;. The minimum absolute atomic E-state index is 0.314. The SMILES string of the molecule is C=C(/C=C(\NC)c1ccc(S(C)(=O)=O)cc1)NC.CC. The second-order valence-corrected chi connectivity index (χ2v) is 5.90. The lowest BCUT2D eigenvalue weighted by molar-refractivity contribution is 0.602. The molecule has 0 aliphatic heterocycles. The van der Waals surface area contributed by atoms with Crippen LogP contribution in [-0.2, 0) is 9.84 Å². The molecule has 4 nitrogen and oxygen atoms in total. The van der Waals surface area contributed by atoms with Crippen molar-refractivity contribution in [1.29, 1.82) is 0 Å². The molecule has 0 aromatic heterocycles. The topological polar surface area (TPSA) is 58.2 Å². The van der Waals surface area contributed by atoms with Gasteiger partial charge >= 0.3 is 0 Å². The molecule has 1 aromatic rings. The van der Waals surface area contributed by atoms with Gasteiger partial charge in [-0.15, -0.1) is 0 Å². The molecule has 0 aliphatic rings. The molecule has 0 amide bonds. The van der Waals surface area contributed by atoms with Crippen LogP contribution in [0, 0.1) is 0 Å². The Balaban J connectivity index is 0.00000172. The molecule has 0 saturated carbocycles. The number of sulfone groups is 1. The van der Waals surface area contributed by atoms with E-state index in [4.69, 9.17) is 0 Å². The maximum absolute atomic E-state index is 11.4. The molecule has 0 heterocycles. The van der Waals surface area contributed by atoms with Gasteiger partial charge in [0.15, 0.2) is 9.84 Å². The van der Waals surface area contributed by atoms with Crippen molar-refractivity contribution in [3.8, 4) is 0 Å². The highest BCUT2D eigenvalue weighted by atomic mass is 32.2. The minimum atomic E-state index is -3.15. The molecule has 1 rings (SSSR count). The van der Waals surface area contributed by atoms with E-state index in [0.29, 0.717) is 4.90 Å². The summed E-state index contributed by atoms with van der Waals surface area (Å²) in [6.07, 6.45) is 3.05. The molecule has 0 spiro atoms. The summed E-state index contributed by atoms with van der Waals surface area (Å²) in [6.45, 7) is 7.82. The van der Waals surface area contributed by atoms with Crippen LogP contribution in [0.15, 0.2) is 47.5 Å². The molecule has 1 aromatic carbocycles. The van der Waals surface area contributed by atoms with Crippen LogP contribution >= 0.6 is 0 Å². The number of nitrogens with one attached hydrogen (secondary N) is 2. The summed E-state index contributed by atoms with van der Waals surface area (Å²) in [5, 5.41) is 5.98. The molecule has 112 valence electrons. The van der Waals surface area contributed by atoms with Gasteiger partial charge in [-0.2, -0.15) is 0 Å². The van der Waals surface area contributed by atoms with E-state index in [1.807, 2.05) is 19.9 Å². The lowest BCUT2D eigenvalue weighted by Crippen LogP contribution is -2.09. The summed E-state index contributed by atoms with van der Waals surface area (Å²) in [5.41, 5.74) is 2.54. The first-order valence-corrected chi connectivity index (χ1v) is 8.34. The molecule has 0 saturated heterocycles. The van der Waals surface area contributed by atoms with Gasteiger partial charge in [0.2, 0.25) is 0 Å². The van der Waals surface area contributed by atoms with Crippen molar-refractivity contribution in [3.05, 3.63) is 48.2 Å². The highest BCUT2D eigenvalue weighted by Crippen LogP contribution is 2.16. The predicted octanol–water partition coefficient (Wildman–Crippen LogP) is 2.41. The lowest BCUT2D eigenvalue weighted by atomic mass is 10.1. The van der Waals surface area contributed by atoms with Crippen LogP contribution in [0.3, 0.4) is 0 Å². The molecule has 2 N–H and O–H groups in total. The fourth-order valence-corrected chi connectivity index (χ4v) is 2.06. The third-order valence-electron chi connectivity index (χ3n) is 2.50.